The van der Waals surface area contributed by atoms with Crippen molar-refractivity contribution >= 4 is 0 Å². The molecule has 0 aromatic heterocycles. The smallest absolute Gasteiger partial charge is 0.122 e. The zero-order valence-corrected chi connectivity index (χ0v) is 21.5. The molecule has 2 N–H and O–H groups in total. The van der Waals surface area contributed by atoms with Gasteiger partial charge in [0.1, 0.15) is 24.7 Å². The van der Waals surface area contributed by atoms with E-state index in [2.05, 4.69) is 92.7 Å². The van der Waals surface area contributed by atoms with Crippen LogP contribution >= 0.6 is 0 Å². The van der Waals surface area contributed by atoms with E-state index in [0.717, 1.165) is 29.0 Å². The summed E-state index contributed by atoms with van der Waals surface area (Å²) in [5.41, 5.74) is 8.15. The van der Waals surface area contributed by atoms with Crippen LogP contribution in [0.25, 0.3) is 0 Å². The van der Waals surface area contributed by atoms with Crippen LogP contribution in [0.1, 0.15) is 51.3 Å². The summed E-state index contributed by atoms with van der Waals surface area (Å²) < 4.78 is 11.6. The number of benzene rings is 4. The van der Waals surface area contributed by atoms with Crippen LogP contribution in [0.5, 0.6) is 11.5 Å². The molecule has 0 aliphatic heterocycles. The molecule has 0 heterocycles. The van der Waals surface area contributed by atoms with Gasteiger partial charge < -0.3 is 19.7 Å². The van der Waals surface area contributed by atoms with Crippen molar-refractivity contribution in [1.29, 1.82) is 0 Å². The number of aryl methyl sites for hydroxylation is 2. The number of fused-ring (bicyclic) bond motifs is 1. The van der Waals surface area contributed by atoms with Crippen molar-refractivity contribution < 1.29 is 19.7 Å². The van der Waals surface area contributed by atoms with Crippen molar-refractivity contribution in [3.8, 4) is 11.5 Å². The van der Waals surface area contributed by atoms with Gasteiger partial charge in [0.25, 0.3) is 0 Å². The Labute approximate surface area is 219 Å². The highest BCUT2D eigenvalue weighted by molar-refractivity contribution is 5.62. The number of hydrogen-bond acceptors (Lipinski definition) is 4. The SMILES string of the molecule is Cc1cc(C2(c3ccc(OCCO)c(C)c3)CC(c3ccccc3)c3ccccc32)ccc1OCCO. The molecule has 4 nitrogen and oxygen atoms in total. The fourth-order valence-electron chi connectivity index (χ4n) is 5.88. The second-order valence-corrected chi connectivity index (χ2v) is 9.76. The Balaban J connectivity index is 1.71. The average Bonchev–Trinajstić information content (AvgIpc) is 3.28. The Kier molecular flexibility index (Phi) is 7.31. The largest absolute Gasteiger partial charge is 0.491 e. The number of hydrogen-bond donors (Lipinski definition) is 2. The lowest BCUT2D eigenvalue weighted by Gasteiger charge is -2.34. The quantitative estimate of drug-likeness (QED) is 0.303. The molecule has 5 rings (SSSR count). The Morgan fingerprint density at radius 3 is 1.78 bits per heavy atom. The second-order valence-electron chi connectivity index (χ2n) is 9.76. The van der Waals surface area contributed by atoms with Crippen molar-refractivity contribution in [3.63, 3.8) is 0 Å². The van der Waals surface area contributed by atoms with E-state index >= 15 is 0 Å². The first-order chi connectivity index (χ1) is 18.1. The first kappa shape index (κ1) is 25.1. The summed E-state index contributed by atoms with van der Waals surface area (Å²) in [5.74, 6) is 1.85. The minimum atomic E-state index is -0.363. The number of aliphatic hydroxyl groups excluding tert-OH is 2. The maximum Gasteiger partial charge on any atom is 0.122 e. The lowest BCUT2D eigenvalue weighted by Crippen LogP contribution is -2.27. The average molecular weight is 495 g/mol. The van der Waals surface area contributed by atoms with E-state index in [-0.39, 0.29) is 37.8 Å². The summed E-state index contributed by atoms with van der Waals surface area (Å²) in [6, 6.07) is 32.5. The van der Waals surface area contributed by atoms with Gasteiger partial charge in [0.15, 0.2) is 0 Å². The molecule has 4 heteroatoms. The molecule has 0 saturated heterocycles. The van der Waals surface area contributed by atoms with Gasteiger partial charge >= 0.3 is 0 Å². The van der Waals surface area contributed by atoms with E-state index in [1.165, 1.54) is 27.8 Å². The van der Waals surface area contributed by atoms with E-state index in [0.29, 0.717) is 0 Å². The molecule has 37 heavy (non-hydrogen) atoms. The van der Waals surface area contributed by atoms with Gasteiger partial charge in [-0.05, 0) is 71.3 Å². The molecule has 190 valence electrons. The molecule has 1 aliphatic rings. The highest BCUT2D eigenvalue weighted by Crippen LogP contribution is 2.56. The molecule has 1 aliphatic carbocycles. The monoisotopic (exact) mass is 494 g/mol. The predicted molar refractivity (Wildman–Crippen MR) is 147 cm³/mol. The molecule has 4 aromatic rings. The first-order valence-corrected chi connectivity index (χ1v) is 12.9. The summed E-state index contributed by atoms with van der Waals surface area (Å²) in [6.07, 6.45) is 0.906. The Morgan fingerprint density at radius 2 is 1.24 bits per heavy atom. The van der Waals surface area contributed by atoms with Gasteiger partial charge in [-0.3, -0.25) is 0 Å². The van der Waals surface area contributed by atoms with E-state index in [1.807, 2.05) is 12.1 Å². The van der Waals surface area contributed by atoms with Crippen molar-refractivity contribution in [2.24, 2.45) is 0 Å². The van der Waals surface area contributed by atoms with Crippen LogP contribution in [0.4, 0.5) is 0 Å². The third-order valence-corrected chi connectivity index (χ3v) is 7.54. The van der Waals surface area contributed by atoms with Crippen LogP contribution in [0.15, 0.2) is 91.0 Å². The van der Waals surface area contributed by atoms with Crippen LogP contribution in [0.2, 0.25) is 0 Å². The number of ether oxygens (including phenoxy) is 2. The van der Waals surface area contributed by atoms with E-state index in [4.69, 9.17) is 9.47 Å². The van der Waals surface area contributed by atoms with E-state index in [9.17, 15) is 10.2 Å². The summed E-state index contributed by atoms with van der Waals surface area (Å²) in [6.45, 7) is 4.66. The molecule has 1 atom stereocenters. The van der Waals surface area contributed by atoms with Crippen molar-refractivity contribution in [3.05, 3.63) is 130 Å². The lowest BCUT2D eigenvalue weighted by atomic mass is 9.69. The summed E-state index contributed by atoms with van der Waals surface area (Å²) >= 11 is 0. The summed E-state index contributed by atoms with van der Waals surface area (Å²) in [4.78, 5) is 0. The predicted octanol–water partition coefficient (Wildman–Crippen LogP) is 5.92. The van der Waals surface area contributed by atoms with Gasteiger partial charge in [-0.25, -0.2) is 0 Å². The molecule has 0 spiro atoms. The maximum absolute atomic E-state index is 9.24. The second kappa shape index (κ2) is 10.8. The Bertz CT molecular complexity index is 1300. The topological polar surface area (TPSA) is 58.9 Å². The van der Waals surface area contributed by atoms with Crippen LogP contribution < -0.4 is 9.47 Å². The van der Waals surface area contributed by atoms with Crippen LogP contribution in [0, 0.1) is 13.8 Å². The van der Waals surface area contributed by atoms with Crippen LogP contribution in [0.3, 0.4) is 0 Å². The van der Waals surface area contributed by atoms with Crippen LogP contribution in [-0.2, 0) is 5.41 Å². The highest BCUT2D eigenvalue weighted by Gasteiger charge is 2.47. The van der Waals surface area contributed by atoms with Gasteiger partial charge in [0.2, 0.25) is 0 Å². The Morgan fingerprint density at radius 1 is 0.703 bits per heavy atom. The van der Waals surface area contributed by atoms with E-state index in [1.54, 1.807) is 0 Å². The molecular weight excluding hydrogens is 460 g/mol. The summed E-state index contributed by atoms with van der Waals surface area (Å²) in [5, 5.41) is 18.5. The van der Waals surface area contributed by atoms with E-state index < -0.39 is 0 Å². The zero-order chi connectivity index (χ0) is 25.8. The van der Waals surface area contributed by atoms with Crippen LogP contribution in [-0.4, -0.2) is 36.6 Å². The molecule has 0 radical (unpaired) electrons. The van der Waals surface area contributed by atoms with Gasteiger partial charge in [-0.15, -0.1) is 0 Å². The number of aliphatic hydroxyl groups is 2. The first-order valence-electron chi connectivity index (χ1n) is 12.9. The maximum atomic E-state index is 9.24. The van der Waals surface area contributed by atoms with Crippen molar-refractivity contribution in [2.75, 3.05) is 26.4 Å². The number of rotatable bonds is 9. The highest BCUT2D eigenvalue weighted by atomic mass is 16.5. The standard InChI is InChI=1S/C33H34O4/c1-23-20-26(12-14-31(23)36-18-16-34)33(27-13-15-32(24(2)21-27)37-19-17-35)22-29(25-8-4-3-5-9-25)28-10-6-7-11-30(28)33/h3-15,20-21,29,34-35H,16-19,22H2,1-2H3. The minimum Gasteiger partial charge on any atom is -0.491 e. The van der Waals surface area contributed by atoms with Gasteiger partial charge in [0.05, 0.1) is 13.2 Å². The summed E-state index contributed by atoms with van der Waals surface area (Å²) in [7, 11) is 0. The van der Waals surface area contributed by atoms with Crippen molar-refractivity contribution in [2.45, 2.75) is 31.6 Å². The minimum absolute atomic E-state index is 0.0127. The third-order valence-electron chi connectivity index (χ3n) is 7.54. The third kappa shape index (κ3) is 4.63. The van der Waals surface area contributed by atoms with Crippen molar-refractivity contribution in [1.82, 2.24) is 0 Å². The van der Waals surface area contributed by atoms with Gasteiger partial charge in [-0.2, -0.15) is 0 Å². The zero-order valence-electron chi connectivity index (χ0n) is 21.5. The molecule has 0 saturated carbocycles. The van der Waals surface area contributed by atoms with Gasteiger partial charge in [-0.1, -0.05) is 78.9 Å². The molecular formula is C33H34O4. The molecule has 4 aromatic carbocycles. The molecule has 0 bridgehead atoms. The molecule has 0 amide bonds. The lowest BCUT2D eigenvalue weighted by molar-refractivity contribution is 0.200. The Hall–Kier alpha value is -3.60. The normalized spacial score (nSPS) is 15.8. The fraction of sp³-hybridized carbons (Fsp3) is 0.273. The molecule has 0 fully saturated rings. The fourth-order valence-corrected chi connectivity index (χ4v) is 5.88. The molecule has 1 unspecified atom stereocenters. The van der Waals surface area contributed by atoms with Gasteiger partial charge in [0, 0.05) is 11.3 Å².